The van der Waals surface area contributed by atoms with Gasteiger partial charge in [-0.3, -0.25) is 0 Å². The fourth-order valence-electron chi connectivity index (χ4n) is 2.41. The third kappa shape index (κ3) is 4.02. The molecule has 106 valence electrons. The van der Waals surface area contributed by atoms with Gasteiger partial charge in [0.25, 0.3) is 0 Å². The van der Waals surface area contributed by atoms with E-state index in [2.05, 4.69) is 21.2 Å². The van der Waals surface area contributed by atoms with E-state index in [1.165, 1.54) is 0 Å². The van der Waals surface area contributed by atoms with E-state index in [1.807, 2.05) is 31.2 Å². The van der Waals surface area contributed by atoms with Gasteiger partial charge in [-0.15, -0.1) is 0 Å². The minimum absolute atomic E-state index is 0.460. The molecule has 0 amide bonds. The molecular formula is C15H22BrNO2. The summed E-state index contributed by atoms with van der Waals surface area (Å²) in [6.45, 7) is 4.25. The summed E-state index contributed by atoms with van der Waals surface area (Å²) < 4.78 is 6.38. The smallest absolute Gasteiger partial charge is 0.102 e. The van der Waals surface area contributed by atoms with Crippen LogP contribution in [-0.2, 0) is 10.3 Å². The number of hydrogen-bond acceptors (Lipinski definition) is 3. The summed E-state index contributed by atoms with van der Waals surface area (Å²) in [4.78, 5) is 0. The summed E-state index contributed by atoms with van der Waals surface area (Å²) >= 11 is 3.42. The molecule has 1 aliphatic heterocycles. The Balaban J connectivity index is 1.98. The number of rotatable bonds is 5. The summed E-state index contributed by atoms with van der Waals surface area (Å²) in [6, 6.07) is 8.38. The monoisotopic (exact) mass is 327 g/mol. The summed E-state index contributed by atoms with van der Waals surface area (Å²) in [6.07, 6.45) is 2.76. The van der Waals surface area contributed by atoms with Crippen molar-refractivity contribution in [1.82, 2.24) is 5.32 Å². The van der Waals surface area contributed by atoms with Crippen molar-refractivity contribution in [3.05, 3.63) is 34.3 Å². The maximum Gasteiger partial charge on any atom is 0.102 e. The van der Waals surface area contributed by atoms with E-state index >= 15 is 0 Å². The van der Waals surface area contributed by atoms with Crippen molar-refractivity contribution < 1.29 is 9.84 Å². The van der Waals surface area contributed by atoms with Gasteiger partial charge in [0.05, 0.1) is 0 Å². The number of hydrogen-bond donors (Lipinski definition) is 2. The van der Waals surface area contributed by atoms with Crippen LogP contribution >= 0.6 is 15.9 Å². The molecule has 2 N–H and O–H groups in total. The van der Waals surface area contributed by atoms with Crippen molar-refractivity contribution in [2.75, 3.05) is 19.8 Å². The summed E-state index contributed by atoms with van der Waals surface area (Å²) in [7, 11) is 0. The van der Waals surface area contributed by atoms with Gasteiger partial charge in [0.15, 0.2) is 0 Å². The van der Waals surface area contributed by atoms with Gasteiger partial charge in [0.2, 0.25) is 0 Å². The fourth-order valence-corrected chi connectivity index (χ4v) is 2.67. The zero-order valence-corrected chi connectivity index (χ0v) is 12.9. The summed E-state index contributed by atoms with van der Waals surface area (Å²) in [5.41, 5.74) is 0.177. The Labute approximate surface area is 123 Å². The normalized spacial score (nSPS) is 20.2. The topological polar surface area (TPSA) is 41.5 Å². The minimum atomic E-state index is -0.793. The van der Waals surface area contributed by atoms with E-state index in [9.17, 15) is 5.11 Å². The maximum atomic E-state index is 10.8. The van der Waals surface area contributed by atoms with Gasteiger partial charge in [0, 0.05) is 30.3 Å². The van der Waals surface area contributed by atoms with Gasteiger partial charge in [-0.25, -0.2) is 0 Å². The first-order valence-corrected chi connectivity index (χ1v) is 7.73. The molecule has 4 heteroatoms. The molecule has 0 aliphatic carbocycles. The largest absolute Gasteiger partial charge is 0.384 e. The predicted molar refractivity (Wildman–Crippen MR) is 80.2 cm³/mol. The molecule has 1 heterocycles. The first kappa shape index (κ1) is 15.0. The molecule has 1 aliphatic rings. The van der Waals surface area contributed by atoms with E-state index < -0.39 is 5.60 Å². The first-order valence-electron chi connectivity index (χ1n) is 6.93. The van der Waals surface area contributed by atoms with Crippen LogP contribution in [0.1, 0.15) is 31.7 Å². The number of nitrogens with one attached hydrogen (secondary N) is 1. The van der Waals surface area contributed by atoms with Crippen LogP contribution in [0.15, 0.2) is 28.7 Å². The van der Waals surface area contributed by atoms with Crippen molar-refractivity contribution in [1.29, 1.82) is 0 Å². The van der Waals surface area contributed by atoms with Crippen LogP contribution in [0.4, 0.5) is 0 Å². The van der Waals surface area contributed by atoms with Gasteiger partial charge < -0.3 is 15.2 Å². The Hall–Kier alpha value is -0.420. The molecule has 1 aromatic carbocycles. The molecule has 0 saturated carbocycles. The summed E-state index contributed by atoms with van der Waals surface area (Å²) in [5.74, 6) is 0. The van der Waals surface area contributed by atoms with Crippen LogP contribution in [0.3, 0.4) is 0 Å². The Morgan fingerprint density at radius 3 is 2.53 bits per heavy atom. The molecule has 2 rings (SSSR count). The average molecular weight is 328 g/mol. The van der Waals surface area contributed by atoms with Crippen molar-refractivity contribution >= 4 is 15.9 Å². The van der Waals surface area contributed by atoms with E-state index in [4.69, 9.17) is 4.74 Å². The van der Waals surface area contributed by atoms with E-state index in [0.29, 0.717) is 19.0 Å². The van der Waals surface area contributed by atoms with Crippen molar-refractivity contribution in [3.63, 3.8) is 0 Å². The van der Waals surface area contributed by atoms with Crippen molar-refractivity contribution in [2.24, 2.45) is 0 Å². The zero-order chi connectivity index (χ0) is 13.7. The molecule has 1 atom stereocenters. The van der Waals surface area contributed by atoms with E-state index in [0.717, 1.165) is 36.1 Å². The predicted octanol–water partition coefficient (Wildman–Crippen LogP) is 2.82. The van der Waals surface area contributed by atoms with Crippen molar-refractivity contribution in [3.8, 4) is 0 Å². The molecule has 0 unspecified atom stereocenters. The van der Waals surface area contributed by atoms with Gasteiger partial charge >= 0.3 is 0 Å². The van der Waals surface area contributed by atoms with Crippen LogP contribution < -0.4 is 5.32 Å². The molecule has 0 aromatic heterocycles. The molecular weight excluding hydrogens is 306 g/mol. The Bertz CT molecular complexity index is 390. The summed E-state index contributed by atoms with van der Waals surface area (Å²) in [5, 5.41) is 14.3. The molecule has 1 saturated heterocycles. The third-order valence-electron chi connectivity index (χ3n) is 3.87. The molecule has 1 fully saturated rings. The molecule has 3 nitrogen and oxygen atoms in total. The van der Waals surface area contributed by atoms with Crippen LogP contribution in [0, 0.1) is 0 Å². The van der Waals surface area contributed by atoms with Crippen LogP contribution in [0.2, 0.25) is 0 Å². The van der Waals surface area contributed by atoms with Gasteiger partial charge in [-0.1, -0.05) is 35.0 Å². The Morgan fingerprint density at radius 2 is 1.95 bits per heavy atom. The van der Waals surface area contributed by atoms with E-state index in [-0.39, 0.29) is 0 Å². The number of benzene rings is 1. The fraction of sp³-hybridized carbons (Fsp3) is 0.600. The molecule has 1 aromatic rings. The lowest BCUT2D eigenvalue weighted by Crippen LogP contribution is -2.44. The van der Waals surface area contributed by atoms with Gasteiger partial charge in [-0.05, 0) is 37.0 Å². The molecule has 0 radical (unpaired) electrons. The second-order valence-corrected chi connectivity index (χ2v) is 6.08. The van der Waals surface area contributed by atoms with Crippen LogP contribution in [0.5, 0.6) is 0 Å². The third-order valence-corrected chi connectivity index (χ3v) is 4.40. The lowest BCUT2D eigenvalue weighted by atomic mass is 9.90. The average Bonchev–Trinajstić information content (AvgIpc) is 2.46. The lowest BCUT2D eigenvalue weighted by Gasteiger charge is -2.31. The van der Waals surface area contributed by atoms with Gasteiger partial charge in [-0.2, -0.15) is 0 Å². The maximum absolute atomic E-state index is 10.8. The SMILES string of the molecule is CC[C@@](O)(CNC1CCOCC1)c1ccc(Br)cc1. The highest BCUT2D eigenvalue weighted by Crippen LogP contribution is 2.26. The Kier molecular flexibility index (Phi) is 5.39. The molecule has 0 bridgehead atoms. The number of ether oxygens (including phenoxy) is 1. The van der Waals surface area contributed by atoms with Crippen LogP contribution in [-0.4, -0.2) is 30.9 Å². The quantitative estimate of drug-likeness (QED) is 0.873. The minimum Gasteiger partial charge on any atom is -0.384 e. The zero-order valence-electron chi connectivity index (χ0n) is 11.4. The highest BCUT2D eigenvalue weighted by atomic mass is 79.9. The first-order chi connectivity index (χ1) is 9.14. The number of aliphatic hydroxyl groups is 1. The van der Waals surface area contributed by atoms with Gasteiger partial charge in [0.1, 0.15) is 5.60 Å². The Morgan fingerprint density at radius 1 is 1.32 bits per heavy atom. The molecule has 19 heavy (non-hydrogen) atoms. The van der Waals surface area contributed by atoms with Crippen LogP contribution in [0.25, 0.3) is 0 Å². The number of halogens is 1. The second kappa shape index (κ2) is 6.84. The highest BCUT2D eigenvalue weighted by Gasteiger charge is 2.28. The van der Waals surface area contributed by atoms with Crippen molar-refractivity contribution in [2.45, 2.75) is 37.8 Å². The van der Waals surface area contributed by atoms with E-state index in [1.54, 1.807) is 0 Å². The lowest BCUT2D eigenvalue weighted by molar-refractivity contribution is 0.0201. The second-order valence-electron chi connectivity index (χ2n) is 5.16. The standard InChI is InChI=1S/C15H22BrNO2/c1-2-15(18,12-3-5-13(16)6-4-12)11-17-14-7-9-19-10-8-14/h3-6,14,17-18H,2,7-11H2,1H3/t15-/m1/s1. The molecule has 0 spiro atoms. The highest BCUT2D eigenvalue weighted by molar-refractivity contribution is 9.10.